The number of hydrogen-bond acceptors (Lipinski definition) is 5. The third-order valence-corrected chi connectivity index (χ3v) is 4.13. The SMILES string of the molecule is OC(C1=NCCCN1)(c1ccccn1)c1cccs1. The number of nitrogens with one attached hydrogen (secondary N) is 1. The van der Waals surface area contributed by atoms with Gasteiger partial charge in [0, 0.05) is 24.2 Å². The fourth-order valence-electron chi connectivity index (χ4n) is 2.20. The number of pyridine rings is 1. The molecule has 1 aliphatic heterocycles. The number of nitrogens with zero attached hydrogens (tertiary/aromatic N) is 2. The Morgan fingerprint density at radius 2 is 2.21 bits per heavy atom. The summed E-state index contributed by atoms with van der Waals surface area (Å²) in [6.07, 6.45) is 2.68. The Kier molecular flexibility index (Phi) is 3.31. The average molecular weight is 273 g/mol. The molecule has 98 valence electrons. The van der Waals surface area contributed by atoms with Gasteiger partial charge in [-0.1, -0.05) is 12.1 Å². The van der Waals surface area contributed by atoms with Crippen molar-refractivity contribution >= 4 is 17.2 Å². The molecule has 0 aromatic carbocycles. The van der Waals surface area contributed by atoms with Crippen molar-refractivity contribution in [2.24, 2.45) is 4.99 Å². The lowest BCUT2D eigenvalue weighted by atomic mass is 9.94. The third kappa shape index (κ3) is 2.15. The summed E-state index contributed by atoms with van der Waals surface area (Å²) in [7, 11) is 0. The van der Waals surface area contributed by atoms with Crippen LogP contribution in [0, 0.1) is 0 Å². The second-order valence-electron chi connectivity index (χ2n) is 4.41. The maximum Gasteiger partial charge on any atom is 0.198 e. The highest BCUT2D eigenvalue weighted by Crippen LogP contribution is 2.33. The van der Waals surface area contributed by atoms with E-state index in [4.69, 9.17) is 0 Å². The van der Waals surface area contributed by atoms with Crippen LogP contribution in [0.25, 0.3) is 0 Å². The van der Waals surface area contributed by atoms with Gasteiger partial charge in [0.1, 0.15) is 5.84 Å². The lowest BCUT2D eigenvalue weighted by molar-refractivity contribution is 0.149. The molecule has 2 aromatic rings. The van der Waals surface area contributed by atoms with Crippen molar-refractivity contribution in [1.29, 1.82) is 0 Å². The van der Waals surface area contributed by atoms with Crippen LogP contribution >= 0.6 is 11.3 Å². The summed E-state index contributed by atoms with van der Waals surface area (Å²) in [5.41, 5.74) is -0.666. The first kappa shape index (κ1) is 12.3. The van der Waals surface area contributed by atoms with Crippen LogP contribution in [0.3, 0.4) is 0 Å². The van der Waals surface area contributed by atoms with Crippen molar-refractivity contribution in [3.05, 3.63) is 52.5 Å². The van der Waals surface area contributed by atoms with Crippen LogP contribution in [-0.4, -0.2) is 29.0 Å². The van der Waals surface area contributed by atoms with Gasteiger partial charge >= 0.3 is 0 Å². The van der Waals surface area contributed by atoms with E-state index in [1.807, 2.05) is 35.7 Å². The zero-order valence-corrected chi connectivity index (χ0v) is 11.2. The van der Waals surface area contributed by atoms with Gasteiger partial charge in [0.05, 0.1) is 5.69 Å². The number of rotatable bonds is 3. The van der Waals surface area contributed by atoms with E-state index in [0.29, 0.717) is 11.5 Å². The van der Waals surface area contributed by atoms with Crippen LogP contribution in [0.2, 0.25) is 0 Å². The predicted octanol–water partition coefficient (Wildman–Crippen LogP) is 1.77. The molecule has 0 amide bonds. The summed E-state index contributed by atoms with van der Waals surface area (Å²) in [5.74, 6) is 0.597. The topological polar surface area (TPSA) is 57.5 Å². The molecule has 0 saturated carbocycles. The number of aromatic nitrogens is 1. The van der Waals surface area contributed by atoms with Gasteiger partial charge in [0.25, 0.3) is 0 Å². The van der Waals surface area contributed by atoms with E-state index in [1.54, 1.807) is 6.20 Å². The van der Waals surface area contributed by atoms with E-state index >= 15 is 0 Å². The van der Waals surface area contributed by atoms with Crippen LogP contribution in [0.5, 0.6) is 0 Å². The Bertz CT molecular complexity index is 568. The summed E-state index contributed by atoms with van der Waals surface area (Å²) in [6, 6.07) is 9.40. The Morgan fingerprint density at radius 3 is 2.84 bits per heavy atom. The van der Waals surface area contributed by atoms with E-state index in [1.165, 1.54) is 11.3 Å². The molecule has 0 fully saturated rings. The number of thiophene rings is 1. The number of amidine groups is 1. The van der Waals surface area contributed by atoms with Crippen LogP contribution in [0.4, 0.5) is 0 Å². The molecule has 0 radical (unpaired) electrons. The summed E-state index contributed by atoms with van der Waals surface area (Å²) in [4.78, 5) is 9.61. The molecule has 3 rings (SSSR count). The zero-order chi connectivity index (χ0) is 13.1. The minimum atomic E-state index is -1.27. The largest absolute Gasteiger partial charge is 0.371 e. The summed E-state index contributed by atoms with van der Waals surface area (Å²) >= 11 is 1.51. The van der Waals surface area contributed by atoms with Crippen molar-refractivity contribution < 1.29 is 5.11 Å². The second-order valence-corrected chi connectivity index (χ2v) is 5.36. The van der Waals surface area contributed by atoms with Gasteiger partial charge < -0.3 is 10.4 Å². The highest BCUT2D eigenvalue weighted by atomic mass is 32.1. The van der Waals surface area contributed by atoms with E-state index in [2.05, 4.69) is 15.3 Å². The Morgan fingerprint density at radius 1 is 1.26 bits per heavy atom. The predicted molar refractivity (Wildman–Crippen MR) is 76.5 cm³/mol. The molecule has 5 heteroatoms. The molecule has 19 heavy (non-hydrogen) atoms. The molecular weight excluding hydrogens is 258 g/mol. The first-order valence-corrected chi connectivity index (χ1v) is 7.16. The monoisotopic (exact) mass is 273 g/mol. The highest BCUT2D eigenvalue weighted by molar-refractivity contribution is 7.10. The van der Waals surface area contributed by atoms with Crippen LogP contribution < -0.4 is 5.32 Å². The Hall–Kier alpha value is -1.72. The summed E-state index contributed by atoms with van der Waals surface area (Å²) in [6.45, 7) is 1.57. The molecule has 0 bridgehead atoms. The van der Waals surface area contributed by atoms with Gasteiger partial charge in [-0.2, -0.15) is 0 Å². The molecule has 0 spiro atoms. The Labute approximate surface area is 115 Å². The molecule has 2 N–H and O–H groups in total. The fourth-order valence-corrected chi connectivity index (χ4v) is 3.03. The number of aliphatic hydroxyl groups is 1. The third-order valence-electron chi connectivity index (χ3n) is 3.15. The highest BCUT2D eigenvalue weighted by Gasteiger charge is 2.40. The van der Waals surface area contributed by atoms with Gasteiger partial charge in [-0.15, -0.1) is 11.3 Å². The van der Waals surface area contributed by atoms with Gasteiger partial charge in [0.15, 0.2) is 5.60 Å². The molecule has 1 aliphatic rings. The molecule has 0 aliphatic carbocycles. The maximum absolute atomic E-state index is 11.2. The molecule has 1 unspecified atom stereocenters. The normalized spacial score (nSPS) is 18.3. The quantitative estimate of drug-likeness (QED) is 0.896. The minimum Gasteiger partial charge on any atom is -0.371 e. The van der Waals surface area contributed by atoms with Gasteiger partial charge in [-0.05, 0) is 30.0 Å². The molecule has 2 aromatic heterocycles. The van der Waals surface area contributed by atoms with E-state index < -0.39 is 5.60 Å². The summed E-state index contributed by atoms with van der Waals surface area (Å²) in [5, 5.41) is 16.4. The lowest BCUT2D eigenvalue weighted by Crippen LogP contribution is -2.47. The molecule has 0 saturated heterocycles. The smallest absolute Gasteiger partial charge is 0.198 e. The van der Waals surface area contributed by atoms with E-state index in [9.17, 15) is 5.11 Å². The lowest BCUT2D eigenvalue weighted by Gasteiger charge is -2.30. The summed E-state index contributed by atoms with van der Waals surface area (Å²) < 4.78 is 0. The van der Waals surface area contributed by atoms with Gasteiger partial charge in [-0.3, -0.25) is 9.98 Å². The van der Waals surface area contributed by atoms with Crippen molar-refractivity contribution in [2.75, 3.05) is 13.1 Å². The van der Waals surface area contributed by atoms with Gasteiger partial charge in [-0.25, -0.2) is 0 Å². The second kappa shape index (κ2) is 5.11. The van der Waals surface area contributed by atoms with Crippen molar-refractivity contribution in [1.82, 2.24) is 10.3 Å². The standard InChI is InChI=1S/C14H15N3OS/c18-14(12-6-3-10-19-12,11-5-1-2-7-15-11)13-16-8-4-9-17-13/h1-3,5-7,10,18H,4,8-9H2,(H,16,17). The van der Waals surface area contributed by atoms with Crippen molar-refractivity contribution in [3.8, 4) is 0 Å². The number of hydrogen-bond donors (Lipinski definition) is 2. The molecular formula is C14H15N3OS. The first-order valence-electron chi connectivity index (χ1n) is 6.28. The average Bonchev–Trinajstić information content (AvgIpc) is 3.03. The van der Waals surface area contributed by atoms with Crippen LogP contribution in [0.15, 0.2) is 46.9 Å². The maximum atomic E-state index is 11.2. The Balaban J connectivity index is 2.13. The molecule has 3 heterocycles. The van der Waals surface area contributed by atoms with Crippen molar-refractivity contribution in [2.45, 2.75) is 12.0 Å². The first-order chi connectivity index (χ1) is 9.32. The van der Waals surface area contributed by atoms with Crippen molar-refractivity contribution in [3.63, 3.8) is 0 Å². The van der Waals surface area contributed by atoms with Gasteiger partial charge in [0.2, 0.25) is 0 Å². The fraction of sp³-hybridized carbons (Fsp3) is 0.286. The van der Waals surface area contributed by atoms with Crippen LogP contribution in [-0.2, 0) is 5.60 Å². The van der Waals surface area contributed by atoms with Crippen LogP contribution in [0.1, 0.15) is 17.0 Å². The number of aliphatic imine (C=N–C) groups is 1. The van der Waals surface area contributed by atoms with E-state index in [-0.39, 0.29) is 0 Å². The van der Waals surface area contributed by atoms with E-state index in [0.717, 1.165) is 24.4 Å². The zero-order valence-electron chi connectivity index (χ0n) is 10.4. The molecule has 4 nitrogen and oxygen atoms in total. The minimum absolute atomic E-state index is 0.597. The molecule has 1 atom stereocenters.